The molecule has 1 rings (SSSR count). The third kappa shape index (κ3) is 2.37. The summed E-state index contributed by atoms with van der Waals surface area (Å²) in [5.74, 6) is -0.214. The lowest BCUT2D eigenvalue weighted by Gasteiger charge is -2.24. The van der Waals surface area contributed by atoms with Gasteiger partial charge in [0.1, 0.15) is 0 Å². The lowest BCUT2D eigenvalue weighted by Crippen LogP contribution is -2.37. The van der Waals surface area contributed by atoms with Crippen LogP contribution in [0.2, 0.25) is 0 Å². The van der Waals surface area contributed by atoms with E-state index < -0.39 is 0 Å². The summed E-state index contributed by atoms with van der Waals surface area (Å²) in [6, 6.07) is 0.270. The summed E-state index contributed by atoms with van der Waals surface area (Å²) >= 11 is 0. The average Bonchev–Trinajstić information content (AvgIpc) is 2.65. The van der Waals surface area contributed by atoms with Gasteiger partial charge in [0.05, 0.1) is 11.8 Å². The average molecular weight is 210 g/mol. The summed E-state index contributed by atoms with van der Waals surface area (Å²) in [6.07, 6.45) is 3.72. The summed E-state index contributed by atoms with van der Waals surface area (Å²) < 4.78 is 0. The highest BCUT2D eigenvalue weighted by Crippen LogP contribution is 2.21. The molecule has 1 aliphatic heterocycles. The molecule has 0 aromatic carbocycles. The van der Waals surface area contributed by atoms with Crippen molar-refractivity contribution in [1.29, 1.82) is 5.41 Å². The van der Waals surface area contributed by atoms with Gasteiger partial charge in [-0.05, 0) is 26.2 Å². The summed E-state index contributed by atoms with van der Waals surface area (Å²) in [5, 5.41) is 16.3. The fourth-order valence-corrected chi connectivity index (χ4v) is 1.99. The van der Waals surface area contributed by atoms with Crippen LogP contribution in [0.25, 0.3) is 0 Å². The number of rotatable bonds is 3. The number of carbonyl (C=O) groups excluding carboxylic acids is 1. The van der Waals surface area contributed by atoms with Gasteiger partial charge in [-0.3, -0.25) is 4.79 Å². The molecule has 1 saturated heterocycles. The Kier molecular flexibility index (Phi) is 3.88. The van der Waals surface area contributed by atoms with Crippen molar-refractivity contribution in [3.63, 3.8) is 0 Å². The second-order valence-electron chi connectivity index (χ2n) is 3.87. The molecule has 1 heterocycles. The molecule has 15 heavy (non-hydrogen) atoms. The first kappa shape index (κ1) is 11.8. The van der Waals surface area contributed by atoms with Crippen LogP contribution in [0.15, 0.2) is 11.8 Å². The monoisotopic (exact) mass is 210 g/mol. The van der Waals surface area contributed by atoms with Crippen LogP contribution < -0.4 is 0 Å². The lowest BCUT2D eigenvalue weighted by atomic mass is 10.1. The van der Waals surface area contributed by atoms with Gasteiger partial charge in [0.15, 0.2) is 0 Å². The zero-order valence-corrected chi connectivity index (χ0v) is 9.29. The zero-order chi connectivity index (χ0) is 11.4. The van der Waals surface area contributed by atoms with Crippen molar-refractivity contribution >= 4 is 11.6 Å². The molecule has 0 unspecified atom stereocenters. The van der Waals surface area contributed by atoms with E-state index in [0.29, 0.717) is 0 Å². The fourth-order valence-electron chi connectivity index (χ4n) is 1.99. The van der Waals surface area contributed by atoms with E-state index in [1.807, 2.05) is 0 Å². The van der Waals surface area contributed by atoms with Gasteiger partial charge in [-0.15, -0.1) is 0 Å². The van der Waals surface area contributed by atoms with Crippen LogP contribution in [0.5, 0.6) is 0 Å². The van der Waals surface area contributed by atoms with Gasteiger partial charge >= 0.3 is 0 Å². The summed E-state index contributed by atoms with van der Waals surface area (Å²) in [4.78, 5) is 13.7. The van der Waals surface area contributed by atoms with Crippen LogP contribution in [0.1, 0.15) is 33.1 Å². The first-order valence-corrected chi connectivity index (χ1v) is 5.32. The van der Waals surface area contributed by atoms with Gasteiger partial charge in [-0.2, -0.15) is 0 Å². The smallest absolute Gasteiger partial charge is 0.259 e. The van der Waals surface area contributed by atoms with Gasteiger partial charge in [-0.25, -0.2) is 0 Å². The third-order valence-electron chi connectivity index (χ3n) is 2.87. The second-order valence-corrected chi connectivity index (χ2v) is 3.87. The number of hydrogen-bond acceptors (Lipinski definition) is 3. The van der Waals surface area contributed by atoms with Crippen molar-refractivity contribution in [2.24, 2.45) is 0 Å². The number of amides is 1. The SMILES string of the molecule is CC[C@@H]1CCCN1C(=O)/C(=C/O)C(C)=N. The highest BCUT2D eigenvalue weighted by molar-refractivity contribution is 6.19. The molecular weight excluding hydrogens is 192 g/mol. The van der Waals surface area contributed by atoms with Crippen molar-refractivity contribution in [3.8, 4) is 0 Å². The Morgan fingerprint density at radius 2 is 2.33 bits per heavy atom. The largest absolute Gasteiger partial charge is 0.515 e. The predicted octanol–water partition coefficient (Wildman–Crippen LogP) is 1.87. The van der Waals surface area contributed by atoms with E-state index in [0.717, 1.165) is 32.1 Å². The Bertz CT molecular complexity index is 297. The van der Waals surface area contributed by atoms with E-state index in [1.165, 1.54) is 6.92 Å². The van der Waals surface area contributed by atoms with E-state index in [1.54, 1.807) is 4.90 Å². The van der Waals surface area contributed by atoms with Crippen LogP contribution in [0.4, 0.5) is 0 Å². The van der Waals surface area contributed by atoms with Crippen LogP contribution in [-0.2, 0) is 4.79 Å². The van der Waals surface area contributed by atoms with Crippen LogP contribution in [-0.4, -0.2) is 34.2 Å². The summed E-state index contributed by atoms with van der Waals surface area (Å²) in [5.41, 5.74) is 0.222. The molecule has 2 N–H and O–H groups in total. The predicted molar refractivity (Wildman–Crippen MR) is 59.1 cm³/mol. The quantitative estimate of drug-likeness (QED) is 0.424. The van der Waals surface area contributed by atoms with Crippen molar-refractivity contribution in [2.45, 2.75) is 39.2 Å². The van der Waals surface area contributed by atoms with Crippen LogP contribution >= 0.6 is 0 Å². The van der Waals surface area contributed by atoms with E-state index in [9.17, 15) is 4.79 Å². The molecule has 0 radical (unpaired) electrons. The zero-order valence-electron chi connectivity index (χ0n) is 9.29. The van der Waals surface area contributed by atoms with Crippen LogP contribution in [0, 0.1) is 5.41 Å². The molecule has 0 spiro atoms. The number of nitrogens with one attached hydrogen (secondary N) is 1. The molecule has 0 bridgehead atoms. The van der Waals surface area contributed by atoms with Crippen molar-refractivity contribution in [3.05, 3.63) is 11.8 Å². The molecule has 1 aliphatic rings. The number of carbonyl (C=O) groups is 1. The number of likely N-dealkylation sites (tertiary alicyclic amines) is 1. The molecule has 1 amide bonds. The van der Waals surface area contributed by atoms with Gasteiger partial charge in [0.25, 0.3) is 5.91 Å². The number of aliphatic hydroxyl groups excluding tert-OH is 1. The molecule has 0 saturated carbocycles. The summed E-state index contributed by atoms with van der Waals surface area (Å²) in [6.45, 7) is 4.30. The van der Waals surface area contributed by atoms with E-state index in [2.05, 4.69) is 6.92 Å². The maximum Gasteiger partial charge on any atom is 0.259 e. The molecule has 4 heteroatoms. The Labute approximate surface area is 90.1 Å². The lowest BCUT2D eigenvalue weighted by molar-refractivity contribution is -0.127. The van der Waals surface area contributed by atoms with E-state index in [-0.39, 0.29) is 23.2 Å². The molecule has 1 fully saturated rings. The first-order valence-electron chi connectivity index (χ1n) is 5.32. The molecule has 4 nitrogen and oxygen atoms in total. The second kappa shape index (κ2) is 4.96. The maximum absolute atomic E-state index is 11.9. The molecule has 0 aromatic heterocycles. The minimum atomic E-state index is -0.214. The minimum Gasteiger partial charge on any atom is -0.515 e. The number of nitrogens with zero attached hydrogens (tertiary/aromatic N) is 1. The highest BCUT2D eigenvalue weighted by atomic mass is 16.2. The molecule has 1 atom stereocenters. The summed E-state index contributed by atoms with van der Waals surface area (Å²) in [7, 11) is 0. The molecule has 84 valence electrons. The third-order valence-corrected chi connectivity index (χ3v) is 2.87. The minimum absolute atomic E-state index is 0.107. The fraction of sp³-hybridized carbons (Fsp3) is 0.636. The van der Waals surface area contributed by atoms with Gasteiger partial charge in [0, 0.05) is 18.3 Å². The van der Waals surface area contributed by atoms with Crippen molar-refractivity contribution < 1.29 is 9.90 Å². The van der Waals surface area contributed by atoms with Crippen LogP contribution in [0.3, 0.4) is 0 Å². The maximum atomic E-state index is 11.9. The van der Waals surface area contributed by atoms with E-state index in [4.69, 9.17) is 10.5 Å². The van der Waals surface area contributed by atoms with E-state index >= 15 is 0 Å². The topological polar surface area (TPSA) is 64.4 Å². The number of aliphatic hydroxyl groups is 1. The molecular formula is C11H18N2O2. The van der Waals surface area contributed by atoms with Gasteiger partial charge in [0.2, 0.25) is 0 Å². The van der Waals surface area contributed by atoms with Crippen molar-refractivity contribution in [1.82, 2.24) is 4.90 Å². The molecule has 0 aliphatic carbocycles. The highest BCUT2D eigenvalue weighted by Gasteiger charge is 2.29. The Balaban J connectivity index is 2.79. The number of hydrogen-bond donors (Lipinski definition) is 2. The Hall–Kier alpha value is -1.32. The standard InChI is InChI=1S/C11H18N2O2/c1-3-9-5-4-6-13(9)11(15)10(7-14)8(2)12/h7,9,12,14H,3-6H2,1-2H3/b10-7+,12-8?/t9-/m1/s1. The van der Waals surface area contributed by atoms with Crippen molar-refractivity contribution in [2.75, 3.05) is 6.54 Å². The molecule has 0 aromatic rings. The van der Waals surface area contributed by atoms with Gasteiger partial charge in [-0.1, -0.05) is 6.92 Å². The Morgan fingerprint density at radius 1 is 1.67 bits per heavy atom. The van der Waals surface area contributed by atoms with Gasteiger partial charge < -0.3 is 15.4 Å². The Morgan fingerprint density at radius 3 is 2.80 bits per heavy atom. The normalized spacial score (nSPS) is 21.9. The first-order chi connectivity index (χ1) is 7.11.